The largest absolute Gasteiger partial charge is 0.393 e. The summed E-state index contributed by atoms with van der Waals surface area (Å²) in [5.74, 6) is 1.69. The van der Waals surface area contributed by atoms with Gasteiger partial charge in [0.1, 0.15) is 0 Å². The molecule has 4 fully saturated rings. The number of aliphatic hydroxyl groups excluding tert-OH is 3. The highest BCUT2D eigenvalue weighted by Crippen LogP contribution is 2.62. The third kappa shape index (κ3) is 4.65. The van der Waals surface area contributed by atoms with Gasteiger partial charge in [-0.3, -0.25) is 0 Å². The first kappa shape index (κ1) is 23.0. The maximum Gasteiger partial charge on any atom is 0.0811 e. The van der Waals surface area contributed by atoms with Crippen LogP contribution >= 0.6 is 0 Å². The molecule has 3 heteroatoms. The van der Waals surface area contributed by atoms with Crippen LogP contribution in [0, 0.1) is 28.6 Å². The van der Waals surface area contributed by atoms with Crippen molar-refractivity contribution in [2.75, 3.05) is 0 Å². The first-order chi connectivity index (χ1) is 14.6. The van der Waals surface area contributed by atoms with E-state index in [0.29, 0.717) is 30.6 Å². The summed E-state index contributed by atoms with van der Waals surface area (Å²) in [5.41, 5.74) is 3.66. The molecule has 4 aliphatic carbocycles. The summed E-state index contributed by atoms with van der Waals surface area (Å²) in [5, 5.41) is 30.6. The predicted molar refractivity (Wildman–Crippen MR) is 126 cm³/mol. The maximum atomic E-state index is 10.3. The second-order valence-corrected chi connectivity index (χ2v) is 11.6. The highest BCUT2D eigenvalue weighted by Gasteiger charge is 2.53. The zero-order valence-corrected chi connectivity index (χ0v) is 19.7. The van der Waals surface area contributed by atoms with Crippen molar-refractivity contribution in [2.45, 2.75) is 96.9 Å². The van der Waals surface area contributed by atoms with Gasteiger partial charge in [-0.1, -0.05) is 57.2 Å². The predicted octanol–water partition coefficient (Wildman–Crippen LogP) is 5.48. The zero-order valence-electron chi connectivity index (χ0n) is 19.7. The molecule has 3 N–H and O–H groups in total. The van der Waals surface area contributed by atoms with Gasteiger partial charge in [0.05, 0.1) is 18.3 Å². The molecule has 0 aliphatic heterocycles. The summed E-state index contributed by atoms with van der Waals surface area (Å²) < 4.78 is 0. The third-order valence-corrected chi connectivity index (χ3v) is 8.95. The van der Waals surface area contributed by atoms with Crippen molar-refractivity contribution < 1.29 is 15.3 Å². The zero-order chi connectivity index (χ0) is 22.4. The SMILES string of the molecule is C=C1/C(=C\C=C2/CCC[C@]3(C)[C@@H](C(C)(C)/C=C/[C@@H](O)C4CC4)CC[C@@H]23)C[C@@H](O)C[C@@H]1O. The van der Waals surface area contributed by atoms with E-state index in [9.17, 15) is 15.3 Å². The van der Waals surface area contributed by atoms with Gasteiger partial charge in [0.2, 0.25) is 0 Å². The van der Waals surface area contributed by atoms with Gasteiger partial charge in [-0.2, -0.15) is 0 Å². The second kappa shape index (κ2) is 8.65. The van der Waals surface area contributed by atoms with Crippen LogP contribution in [0.4, 0.5) is 0 Å². The number of fused-ring (bicyclic) bond motifs is 1. The van der Waals surface area contributed by atoms with E-state index in [0.717, 1.165) is 17.6 Å². The number of hydrogen-bond acceptors (Lipinski definition) is 3. The fourth-order valence-electron chi connectivity index (χ4n) is 6.98. The van der Waals surface area contributed by atoms with E-state index in [1.807, 2.05) is 0 Å². The Kier molecular flexibility index (Phi) is 6.42. The lowest BCUT2D eigenvalue weighted by Crippen LogP contribution is -2.39. The summed E-state index contributed by atoms with van der Waals surface area (Å²) in [7, 11) is 0. The van der Waals surface area contributed by atoms with E-state index in [2.05, 4.69) is 51.7 Å². The molecule has 0 bridgehead atoms. The van der Waals surface area contributed by atoms with Crippen molar-refractivity contribution in [1.29, 1.82) is 0 Å². The van der Waals surface area contributed by atoms with E-state index >= 15 is 0 Å². The number of aliphatic hydroxyl groups is 3. The number of allylic oxidation sites excluding steroid dienone is 4. The first-order valence-corrected chi connectivity index (χ1v) is 12.4. The topological polar surface area (TPSA) is 60.7 Å². The van der Waals surface area contributed by atoms with Crippen LogP contribution in [0.3, 0.4) is 0 Å². The van der Waals surface area contributed by atoms with Crippen molar-refractivity contribution >= 4 is 0 Å². The smallest absolute Gasteiger partial charge is 0.0811 e. The average molecular weight is 427 g/mol. The van der Waals surface area contributed by atoms with Gasteiger partial charge in [-0.05, 0) is 91.1 Å². The molecule has 4 saturated carbocycles. The van der Waals surface area contributed by atoms with Crippen LogP contribution in [0.2, 0.25) is 0 Å². The quantitative estimate of drug-likeness (QED) is 0.510. The normalized spacial score (nSPS) is 40.6. The van der Waals surface area contributed by atoms with E-state index in [1.165, 1.54) is 44.1 Å². The molecule has 0 aromatic rings. The van der Waals surface area contributed by atoms with Gasteiger partial charge in [0.15, 0.2) is 0 Å². The van der Waals surface area contributed by atoms with E-state index in [1.54, 1.807) is 0 Å². The fourth-order valence-corrected chi connectivity index (χ4v) is 6.98. The Morgan fingerprint density at radius 2 is 1.87 bits per heavy atom. The minimum absolute atomic E-state index is 0.0756. The van der Waals surface area contributed by atoms with Gasteiger partial charge in [-0.25, -0.2) is 0 Å². The van der Waals surface area contributed by atoms with Crippen molar-refractivity contribution in [3.05, 3.63) is 47.6 Å². The third-order valence-electron chi connectivity index (χ3n) is 8.95. The molecule has 0 radical (unpaired) electrons. The summed E-state index contributed by atoms with van der Waals surface area (Å²) in [4.78, 5) is 0. The van der Waals surface area contributed by atoms with Crippen LogP contribution in [0.1, 0.15) is 78.6 Å². The van der Waals surface area contributed by atoms with Gasteiger partial charge in [0.25, 0.3) is 0 Å². The molecule has 0 saturated heterocycles. The van der Waals surface area contributed by atoms with E-state index in [-0.39, 0.29) is 16.9 Å². The molecule has 172 valence electrons. The molecule has 6 atom stereocenters. The highest BCUT2D eigenvalue weighted by atomic mass is 16.3. The van der Waals surface area contributed by atoms with Crippen LogP contribution < -0.4 is 0 Å². The summed E-state index contributed by atoms with van der Waals surface area (Å²) >= 11 is 0. The molecule has 4 rings (SSSR count). The molecule has 0 aromatic carbocycles. The lowest BCUT2D eigenvalue weighted by atomic mass is 9.57. The summed E-state index contributed by atoms with van der Waals surface area (Å²) in [6, 6.07) is 0. The molecule has 4 aliphatic rings. The van der Waals surface area contributed by atoms with Gasteiger partial charge in [-0.15, -0.1) is 0 Å². The van der Waals surface area contributed by atoms with Gasteiger partial charge >= 0.3 is 0 Å². The highest BCUT2D eigenvalue weighted by molar-refractivity contribution is 5.38. The van der Waals surface area contributed by atoms with Crippen LogP contribution in [0.15, 0.2) is 47.6 Å². The van der Waals surface area contributed by atoms with E-state index in [4.69, 9.17) is 0 Å². The summed E-state index contributed by atoms with van der Waals surface area (Å²) in [6.07, 6.45) is 16.8. The van der Waals surface area contributed by atoms with Crippen molar-refractivity contribution in [3.63, 3.8) is 0 Å². The second-order valence-electron chi connectivity index (χ2n) is 11.6. The summed E-state index contributed by atoms with van der Waals surface area (Å²) in [6.45, 7) is 11.3. The molecular weight excluding hydrogens is 384 g/mol. The lowest BCUT2D eigenvalue weighted by molar-refractivity contribution is 0.0708. The molecule has 0 amide bonds. The molecular formula is C28H42O3. The van der Waals surface area contributed by atoms with Crippen LogP contribution in [-0.2, 0) is 0 Å². The number of rotatable bonds is 5. The Balaban J connectivity index is 1.52. The van der Waals surface area contributed by atoms with Gasteiger partial charge in [0, 0.05) is 6.42 Å². The Labute approximate surface area is 188 Å². The van der Waals surface area contributed by atoms with Crippen LogP contribution in [0.5, 0.6) is 0 Å². The Bertz CT molecular complexity index is 784. The van der Waals surface area contributed by atoms with Crippen LogP contribution in [0.25, 0.3) is 0 Å². The monoisotopic (exact) mass is 426 g/mol. The average Bonchev–Trinajstić information content (AvgIpc) is 3.49. The molecule has 0 unspecified atom stereocenters. The minimum Gasteiger partial charge on any atom is -0.393 e. The minimum atomic E-state index is -0.626. The van der Waals surface area contributed by atoms with E-state index < -0.39 is 12.2 Å². The Morgan fingerprint density at radius 3 is 2.58 bits per heavy atom. The van der Waals surface area contributed by atoms with Crippen molar-refractivity contribution in [1.82, 2.24) is 0 Å². The Morgan fingerprint density at radius 1 is 1.13 bits per heavy atom. The molecule has 0 heterocycles. The number of hydrogen-bond donors (Lipinski definition) is 3. The lowest BCUT2D eigenvalue weighted by Gasteiger charge is -2.47. The van der Waals surface area contributed by atoms with Crippen molar-refractivity contribution in [3.8, 4) is 0 Å². The molecule has 3 nitrogen and oxygen atoms in total. The van der Waals surface area contributed by atoms with Crippen LogP contribution in [-0.4, -0.2) is 33.6 Å². The van der Waals surface area contributed by atoms with Gasteiger partial charge < -0.3 is 15.3 Å². The molecule has 0 spiro atoms. The fraction of sp³-hybridized carbons (Fsp3) is 0.714. The maximum absolute atomic E-state index is 10.3. The Hall–Kier alpha value is -1.16. The molecule has 31 heavy (non-hydrogen) atoms. The standard InChI is InChI=1S/C28H42O3/c1-18-21(16-22(29)17-25(18)31)10-7-19-6-5-14-28(4)23(19)11-12-26(28)27(2,3)15-13-24(30)20-8-9-20/h7,10,13,15,20,22-26,29-31H,1,5-6,8-9,11-12,14,16-17H2,2-4H3/b15-13+,19-7+,21-10-/t22-,23+,24-,25+,26-,28+/m1/s1. The van der Waals surface area contributed by atoms with Crippen molar-refractivity contribution in [2.24, 2.45) is 28.6 Å². The first-order valence-electron chi connectivity index (χ1n) is 12.4. The molecule has 0 aromatic heterocycles.